The Morgan fingerprint density at radius 3 is 2.57 bits per heavy atom. The molecule has 0 saturated heterocycles. The first-order chi connectivity index (χ1) is 9.95. The number of benzene rings is 1. The number of aromatic carboxylic acids is 1. The summed E-state index contributed by atoms with van der Waals surface area (Å²) in [5.41, 5.74) is 1.64. The molecule has 1 amide bonds. The summed E-state index contributed by atoms with van der Waals surface area (Å²) in [5, 5.41) is 13.5. The highest BCUT2D eigenvalue weighted by atomic mass is 16.4. The molecule has 6 nitrogen and oxygen atoms in total. The van der Waals surface area contributed by atoms with Crippen molar-refractivity contribution < 1.29 is 14.7 Å². The fourth-order valence-electron chi connectivity index (χ4n) is 2.21. The van der Waals surface area contributed by atoms with Crippen molar-refractivity contribution in [1.29, 1.82) is 0 Å². The van der Waals surface area contributed by atoms with Gasteiger partial charge < -0.3 is 10.0 Å². The summed E-state index contributed by atoms with van der Waals surface area (Å²) in [4.78, 5) is 25.2. The molecule has 1 N–H and O–H groups in total. The Kier molecular flexibility index (Phi) is 4.07. The summed E-state index contributed by atoms with van der Waals surface area (Å²) in [6.07, 6.45) is 2.29. The van der Waals surface area contributed by atoms with Gasteiger partial charge >= 0.3 is 5.97 Å². The fourth-order valence-corrected chi connectivity index (χ4v) is 2.21. The number of hydrogen-bond donors (Lipinski definition) is 1. The van der Waals surface area contributed by atoms with Crippen LogP contribution < -0.4 is 4.90 Å². The number of carbonyl (C=O) groups excluding carboxylic acids is 1. The zero-order valence-corrected chi connectivity index (χ0v) is 12.2. The fraction of sp³-hybridized carbons (Fsp3) is 0.267. The maximum atomic E-state index is 12.6. The Hall–Kier alpha value is -2.63. The summed E-state index contributed by atoms with van der Waals surface area (Å²) in [5.74, 6) is -1.33. The van der Waals surface area contributed by atoms with E-state index in [0.717, 1.165) is 0 Å². The third-order valence-corrected chi connectivity index (χ3v) is 3.27. The van der Waals surface area contributed by atoms with Gasteiger partial charge in [-0.3, -0.25) is 9.48 Å². The quantitative estimate of drug-likeness (QED) is 0.932. The van der Waals surface area contributed by atoms with Crippen LogP contribution in [0.4, 0.5) is 5.69 Å². The van der Waals surface area contributed by atoms with E-state index >= 15 is 0 Å². The van der Waals surface area contributed by atoms with Gasteiger partial charge in [0.15, 0.2) is 0 Å². The topological polar surface area (TPSA) is 75.4 Å². The first-order valence-corrected chi connectivity index (χ1v) is 6.58. The lowest BCUT2D eigenvalue weighted by Crippen LogP contribution is -2.28. The van der Waals surface area contributed by atoms with Gasteiger partial charge in [-0.25, -0.2) is 4.79 Å². The van der Waals surface area contributed by atoms with E-state index in [-0.39, 0.29) is 11.5 Å². The minimum Gasteiger partial charge on any atom is -0.478 e. The van der Waals surface area contributed by atoms with Gasteiger partial charge in [-0.1, -0.05) is 19.1 Å². The standard InChI is InChI=1S/C15H17N3O3/c1-4-12-11(9-17(2)16-12)14(19)18(3)13-8-6-5-7-10(13)15(20)21/h5-9H,4H2,1-3H3,(H,20,21). The predicted molar refractivity (Wildman–Crippen MR) is 78.7 cm³/mol. The molecule has 0 fully saturated rings. The Balaban J connectivity index is 2.42. The van der Waals surface area contributed by atoms with E-state index in [1.165, 1.54) is 11.0 Å². The van der Waals surface area contributed by atoms with Crippen LogP contribution in [-0.2, 0) is 13.5 Å². The highest BCUT2D eigenvalue weighted by molar-refractivity contribution is 6.09. The van der Waals surface area contributed by atoms with Crippen LogP contribution in [0.1, 0.15) is 33.3 Å². The van der Waals surface area contributed by atoms with E-state index < -0.39 is 5.97 Å². The minimum atomic E-state index is -1.06. The average Bonchev–Trinajstić information content (AvgIpc) is 2.86. The monoisotopic (exact) mass is 287 g/mol. The van der Waals surface area contributed by atoms with Gasteiger partial charge in [-0.15, -0.1) is 0 Å². The molecule has 2 rings (SSSR count). The Bertz CT molecular complexity index is 691. The summed E-state index contributed by atoms with van der Waals surface area (Å²) in [6.45, 7) is 1.92. The molecule has 1 aromatic heterocycles. The molecule has 2 aromatic rings. The van der Waals surface area contributed by atoms with Crippen molar-refractivity contribution in [1.82, 2.24) is 9.78 Å². The molecule has 110 valence electrons. The summed E-state index contributed by atoms with van der Waals surface area (Å²) >= 11 is 0. The van der Waals surface area contributed by atoms with Gasteiger partial charge in [-0.2, -0.15) is 5.10 Å². The largest absolute Gasteiger partial charge is 0.478 e. The van der Waals surface area contributed by atoms with Crippen LogP contribution in [0, 0.1) is 0 Å². The predicted octanol–water partition coefficient (Wildman–Crippen LogP) is 1.96. The number of hydrogen-bond acceptors (Lipinski definition) is 3. The second kappa shape index (κ2) is 5.78. The number of rotatable bonds is 4. The molecule has 0 bridgehead atoms. The van der Waals surface area contributed by atoms with Crippen LogP contribution in [0.5, 0.6) is 0 Å². The second-order valence-electron chi connectivity index (χ2n) is 4.70. The number of amides is 1. The Morgan fingerprint density at radius 2 is 1.95 bits per heavy atom. The number of aromatic nitrogens is 2. The lowest BCUT2D eigenvalue weighted by Gasteiger charge is -2.19. The molecule has 0 aliphatic carbocycles. The van der Waals surface area contributed by atoms with Crippen LogP contribution in [0.2, 0.25) is 0 Å². The van der Waals surface area contributed by atoms with Crippen LogP contribution in [0.15, 0.2) is 30.5 Å². The average molecular weight is 287 g/mol. The second-order valence-corrected chi connectivity index (χ2v) is 4.70. The Labute approximate surface area is 122 Å². The number of aryl methyl sites for hydroxylation is 2. The van der Waals surface area contributed by atoms with Crippen LogP contribution in [0.3, 0.4) is 0 Å². The van der Waals surface area contributed by atoms with Gasteiger partial charge in [0.1, 0.15) is 0 Å². The van der Waals surface area contributed by atoms with Gasteiger partial charge in [0.25, 0.3) is 5.91 Å². The van der Waals surface area contributed by atoms with Crippen molar-refractivity contribution in [3.63, 3.8) is 0 Å². The summed E-state index contributed by atoms with van der Waals surface area (Å²) in [6, 6.07) is 6.43. The lowest BCUT2D eigenvalue weighted by atomic mass is 10.1. The third-order valence-electron chi connectivity index (χ3n) is 3.27. The van der Waals surface area contributed by atoms with E-state index in [9.17, 15) is 14.7 Å². The number of carboxylic acids is 1. The molecule has 0 aliphatic rings. The Morgan fingerprint density at radius 1 is 1.29 bits per heavy atom. The number of carboxylic acid groups (broad SMARTS) is 1. The lowest BCUT2D eigenvalue weighted by molar-refractivity contribution is 0.0697. The van der Waals surface area contributed by atoms with Crippen molar-refractivity contribution in [2.75, 3.05) is 11.9 Å². The van der Waals surface area contributed by atoms with Crippen molar-refractivity contribution in [2.24, 2.45) is 7.05 Å². The molecule has 1 aromatic carbocycles. The van der Waals surface area contributed by atoms with E-state index in [1.807, 2.05) is 6.92 Å². The molecule has 0 aliphatic heterocycles. The van der Waals surface area contributed by atoms with Crippen LogP contribution in [0.25, 0.3) is 0 Å². The van der Waals surface area contributed by atoms with Crippen LogP contribution in [-0.4, -0.2) is 33.8 Å². The first kappa shape index (κ1) is 14.8. The summed E-state index contributed by atoms with van der Waals surface area (Å²) < 4.78 is 1.59. The zero-order valence-electron chi connectivity index (χ0n) is 12.2. The molecule has 0 saturated carbocycles. The van der Waals surface area contributed by atoms with Gasteiger partial charge in [0, 0.05) is 20.3 Å². The van der Waals surface area contributed by atoms with Gasteiger partial charge in [0.05, 0.1) is 22.5 Å². The van der Waals surface area contributed by atoms with Crippen molar-refractivity contribution in [3.05, 3.63) is 47.3 Å². The normalized spacial score (nSPS) is 10.4. The highest BCUT2D eigenvalue weighted by Gasteiger charge is 2.22. The molecule has 0 unspecified atom stereocenters. The SMILES string of the molecule is CCc1nn(C)cc1C(=O)N(C)c1ccccc1C(=O)O. The molecular formula is C15H17N3O3. The number of nitrogens with zero attached hydrogens (tertiary/aromatic N) is 3. The van der Waals surface area contributed by atoms with Crippen molar-refractivity contribution in [2.45, 2.75) is 13.3 Å². The number of para-hydroxylation sites is 1. The molecule has 1 heterocycles. The maximum absolute atomic E-state index is 12.6. The molecule has 0 atom stereocenters. The smallest absolute Gasteiger partial charge is 0.337 e. The molecule has 21 heavy (non-hydrogen) atoms. The van der Waals surface area contributed by atoms with Crippen molar-refractivity contribution in [3.8, 4) is 0 Å². The van der Waals surface area contributed by atoms with E-state index in [1.54, 1.807) is 43.2 Å². The molecular weight excluding hydrogens is 270 g/mol. The highest BCUT2D eigenvalue weighted by Crippen LogP contribution is 2.22. The molecule has 0 spiro atoms. The van der Waals surface area contributed by atoms with Gasteiger partial charge in [0.2, 0.25) is 0 Å². The zero-order chi connectivity index (χ0) is 15.6. The van der Waals surface area contributed by atoms with Gasteiger partial charge in [-0.05, 0) is 18.6 Å². The number of anilines is 1. The van der Waals surface area contributed by atoms with Crippen molar-refractivity contribution >= 4 is 17.6 Å². The molecule has 6 heteroatoms. The van der Waals surface area contributed by atoms with E-state index in [2.05, 4.69) is 5.10 Å². The first-order valence-electron chi connectivity index (χ1n) is 6.58. The third kappa shape index (κ3) is 2.79. The van der Waals surface area contributed by atoms with E-state index in [0.29, 0.717) is 23.4 Å². The maximum Gasteiger partial charge on any atom is 0.337 e. The minimum absolute atomic E-state index is 0.0929. The number of carbonyl (C=O) groups is 2. The van der Waals surface area contributed by atoms with E-state index in [4.69, 9.17) is 0 Å². The van der Waals surface area contributed by atoms with Crippen LogP contribution >= 0.6 is 0 Å². The summed E-state index contributed by atoms with van der Waals surface area (Å²) in [7, 11) is 3.32. The molecule has 0 radical (unpaired) electrons.